The van der Waals surface area contributed by atoms with Crippen LogP contribution in [0.1, 0.15) is 5.56 Å². The van der Waals surface area contributed by atoms with Gasteiger partial charge < -0.3 is 10.5 Å². The van der Waals surface area contributed by atoms with Crippen LogP contribution < -0.4 is 15.2 Å². The third-order valence-electron chi connectivity index (χ3n) is 2.92. The second kappa shape index (κ2) is 5.61. The standard InChI is InChI=1S/C14H15FN2O3S/c1-9-4-3-5-12(16)14(9)21(18,19)17-10-6-7-13(20-2)11(15)8-10/h3-8,17H,16H2,1-2H3. The molecule has 0 spiro atoms. The molecule has 0 aliphatic heterocycles. The average Bonchev–Trinajstić information content (AvgIpc) is 2.37. The molecule has 0 saturated heterocycles. The lowest BCUT2D eigenvalue weighted by atomic mass is 10.2. The zero-order chi connectivity index (χ0) is 15.6. The first-order chi connectivity index (χ1) is 9.85. The van der Waals surface area contributed by atoms with Crippen LogP contribution in [0.3, 0.4) is 0 Å². The maximum Gasteiger partial charge on any atom is 0.264 e. The fraction of sp³-hybridized carbons (Fsp3) is 0.143. The number of rotatable bonds is 4. The fourth-order valence-electron chi connectivity index (χ4n) is 1.98. The molecule has 0 atom stereocenters. The number of halogens is 1. The predicted octanol–water partition coefficient (Wildman–Crippen LogP) is 2.53. The minimum atomic E-state index is -3.89. The molecule has 7 heteroatoms. The summed E-state index contributed by atoms with van der Waals surface area (Å²) in [6, 6.07) is 8.60. The van der Waals surface area contributed by atoms with Gasteiger partial charge in [-0.05, 0) is 30.7 Å². The quantitative estimate of drug-likeness (QED) is 0.850. The summed E-state index contributed by atoms with van der Waals surface area (Å²) >= 11 is 0. The summed E-state index contributed by atoms with van der Waals surface area (Å²) < 4.78 is 45.4. The van der Waals surface area contributed by atoms with Crippen LogP contribution in [0, 0.1) is 12.7 Å². The third kappa shape index (κ3) is 3.08. The Labute approximate surface area is 122 Å². The van der Waals surface area contributed by atoms with Crippen molar-refractivity contribution in [1.29, 1.82) is 0 Å². The molecule has 0 aliphatic rings. The van der Waals surface area contributed by atoms with E-state index in [-0.39, 0.29) is 22.0 Å². The van der Waals surface area contributed by atoms with E-state index in [4.69, 9.17) is 10.5 Å². The Balaban J connectivity index is 2.40. The van der Waals surface area contributed by atoms with Crippen LogP contribution in [0.25, 0.3) is 0 Å². The minimum Gasteiger partial charge on any atom is -0.494 e. The zero-order valence-corrected chi connectivity index (χ0v) is 12.4. The highest BCUT2D eigenvalue weighted by molar-refractivity contribution is 7.93. The van der Waals surface area contributed by atoms with Gasteiger partial charge in [0.05, 0.1) is 18.5 Å². The molecule has 21 heavy (non-hydrogen) atoms. The number of ether oxygens (including phenoxy) is 1. The molecule has 0 saturated carbocycles. The number of nitrogens with two attached hydrogens (primary N) is 1. The number of anilines is 2. The van der Waals surface area contributed by atoms with Crippen molar-refractivity contribution in [2.24, 2.45) is 0 Å². The van der Waals surface area contributed by atoms with Gasteiger partial charge in [-0.1, -0.05) is 12.1 Å². The van der Waals surface area contributed by atoms with Crippen molar-refractivity contribution in [3.8, 4) is 5.75 Å². The molecule has 0 fully saturated rings. The van der Waals surface area contributed by atoms with Crippen LogP contribution in [0.2, 0.25) is 0 Å². The van der Waals surface area contributed by atoms with E-state index in [0.29, 0.717) is 5.56 Å². The van der Waals surface area contributed by atoms with Gasteiger partial charge in [0, 0.05) is 6.07 Å². The van der Waals surface area contributed by atoms with Crippen molar-refractivity contribution in [3.63, 3.8) is 0 Å². The monoisotopic (exact) mass is 310 g/mol. The summed E-state index contributed by atoms with van der Waals surface area (Å²) in [5.41, 5.74) is 6.46. The first kappa shape index (κ1) is 15.1. The summed E-state index contributed by atoms with van der Waals surface area (Å²) in [5, 5.41) is 0. The number of benzene rings is 2. The van der Waals surface area contributed by atoms with Crippen LogP contribution in [-0.2, 0) is 10.0 Å². The Bertz CT molecular complexity index is 756. The van der Waals surface area contributed by atoms with Gasteiger partial charge >= 0.3 is 0 Å². The van der Waals surface area contributed by atoms with Crippen LogP contribution in [-0.4, -0.2) is 15.5 Å². The molecule has 2 aromatic carbocycles. The van der Waals surface area contributed by atoms with Gasteiger partial charge in [-0.15, -0.1) is 0 Å². The molecular formula is C14H15FN2O3S. The first-order valence-corrected chi connectivity index (χ1v) is 7.55. The second-order valence-corrected chi connectivity index (χ2v) is 6.07. The van der Waals surface area contributed by atoms with Crippen LogP contribution in [0.5, 0.6) is 5.75 Å². The number of methoxy groups -OCH3 is 1. The third-order valence-corrected chi connectivity index (χ3v) is 4.51. The number of aryl methyl sites for hydroxylation is 1. The smallest absolute Gasteiger partial charge is 0.264 e. The average molecular weight is 310 g/mol. The van der Waals surface area contributed by atoms with Crippen molar-refractivity contribution in [3.05, 3.63) is 47.8 Å². The van der Waals surface area contributed by atoms with E-state index in [2.05, 4.69) is 4.72 Å². The molecule has 0 heterocycles. The topological polar surface area (TPSA) is 81.4 Å². The van der Waals surface area contributed by atoms with E-state index >= 15 is 0 Å². The van der Waals surface area contributed by atoms with E-state index in [0.717, 1.165) is 6.07 Å². The molecule has 2 aromatic rings. The highest BCUT2D eigenvalue weighted by atomic mass is 32.2. The predicted molar refractivity (Wildman–Crippen MR) is 79.4 cm³/mol. The van der Waals surface area contributed by atoms with Gasteiger partial charge in [0.25, 0.3) is 10.0 Å². The molecule has 0 bridgehead atoms. The largest absolute Gasteiger partial charge is 0.494 e. The molecule has 0 radical (unpaired) electrons. The number of nitrogen functional groups attached to an aromatic ring is 1. The van der Waals surface area contributed by atoms with E-state index in [1.165, 1.54) is 25.3 Å². The highest BCUT2D eigenvalue weighted by Gasteiger charge is 2.20. The Morgan fingerprint density at radius 2 is 1.95 bits per heavy atom. The summed E-state index contributed by atoms with van der Waals surface area (Å²) in [4.78, 5) is -0.0128. The van der Waals surface area contributed by atoms with E-state index in [1.54, 1.807) is 19.1 Å². The Morgan fingerprint density at radius 1 is 1.24 bits per heavy atom. The lowest BCUT2D eigenvalue weighted by Crippen LogP contribution is -2.16. The van der Waals surface area contributed by atoms with Crippen LogP contribution in [0.4, 0.5) is 15.8 Å². The molecule has 5 nitrogen and oxygen atoms in total. The van der Waals surface area contributed by atoms with Crippen LogP contribution in [0.15, 0.2) is 41.3 Å². The maximum absolute atomic E-state index is 13.6. The van der Waals surface area contributed by atoms with Crippen molar-refractivity contribution < 1.29 is 17.5 Å². The van der Waals surface area contributed by atoms with Gasteiger partial charge in [-0.25, -0.2) is 12.8 Å². The van der Waals surface area contributed by atoms with Gasteiger partial charge in [-0.2, -0.15) is 0 Å². The molecule has 0 unspecified atom stereocenters. The number of sulfonamides is 1. The molecule has 0 aromatic heterocycles. The maximum atomic E-state index is 13.6. The van der Waals surface area contributed by atoms with E-state index < -0.39 is 15.8 Å². The van der Waals surface area contributed by atoms with E-state index in [1.807, 2.05) is 0 Å². The van der Waals surface area contributed by atoms with Crippen molar-refractivity contribution in [2.45, 2.75) is 11.8 Å². The van der Waals surface area contributed by atoms with Crippen LogP contribution >= 0.6 is 0 Å². The van der Waals surface area contributed by atoms with E-state index in [9.17, 15) is 12.8 Å². The van der Waals surface area contributed by atoms with Crippen molar-refractivity contribution in [2.75, 3.05) is 17.6 Å². The Morgan fingerprint density at radius 3 is 2.52 bits per heavy atom. The van der Waals surface area contributed by atoms with Gasteiger partial charge in [0.1, 0.15) is 4.90 Å². The van der Waals surface area contributed by atoms with Gasteiger partial charge in [0.15, 0.2) is 11.6 Å². The Hall–Kier alpha value is -2.28. The van der Waals surface area contributed by atoms with Crippen molar-refractivity contribution in [1.82, 2.24) is 0 Å². The zero-order valence-electron chi connectivity index (χ0n) is 11.6. The fourth-order valence-corrected chi connectivity index (χ4v) is 3.39. The summed E-state index contributed by atoms with van der Waals surface area (Å²) in [7, 11) is -2.56. The molecular weight excluding hydrogens is 295 g/mol. The number of nitrogens with one attached hydrogen (secondary N) is 1. The SMILES string of the molecule is COc1ccc(NS(=O)(=O)c2c(C)cccc2N)cc1F. The minimum absolute atomic E-state index is 0.0128. The molecule has 2 rings (SSSR count). The summed E-state index contributed by atoms with van der Waals surface area (Å²) in [6.07, 6.45) is 0. The lowest BCUT2D eigenvalue weighted by molar-refractivity contribution is 0.386. The molecule has 0 aliphatic carbocycles. The first-order valence-electron chi connectivity index (χ1n) is 6.06. The normalized spacial score (nSPS) is 11.2. The lowest BCUT2D eigenvalue weighted by Gasteiger charge is -2.13. The number of hydrogen-bond donors (Lipinski definition) is 2. The molecule has 0 amide bonds. The van der Waals surface area contributed by atoms with Crippen molar-refractivity contribution >= 4 is 21.4 Å². The second-order valence-electron chi connectivity index (χ2n) is 4.45. The number of hydrogen-bond acceptors (Lipinski definition) is 4. The van der Waals surface area contributed by atoms with Gasteiger partial charge in [-0.3, -0.25) is 4.72 Å². The molecule has 3 N–H and O–H groups in total. The Kier molecular flexibility index (Phi) is 4.04. The summed E-state index contributed by atoms with van der Waals surface area (Å²) in [5.74, 6) is -0.621. The summed E-state index contributed by atoms with van der Waals surface area (Å²) in [6.45, 7) is 1.64. The highest BCUT2D eigenvalue weighted by Crippen LogP contribution is 2.26. The molecule has 112 valence electrons. The van der Waals surface area contributed by atoms with Gasteiger partial charge in [0.2, 0.25) is 0 Å².